The predicted molar refractivity (Wildman–Crippen MR) is 75.3 cm³/mol. The molecule has 10 heteroatoms. The topological polar surface area (TPSA) is 76.9 Å². The monoisotopic (exact) mass is 346 g/mol. The molecule has 23 heavy (non-hydrogen) atoms. The van der Waals surface area contributed by atoms with Crippen LogP contribution in [0.4, 0.5) is 18.9 Å². The van der Waals surface area contributed by atoms with Gasteiger partial charge in [-0.25, -0.2) is 8.42 Å². The number of sulfone groups is 1. The van der Waals surface area contributed by atoms with Crippen LogP contribution in [0.2, 0.25) is 0 Å². The molecule has 0 saturated heterocycles. The van der Waals surface area contributed by atoms with Gasteiger partial charge in [0, 0.05) is 6.04 Å². The summed E-state index contributed by atoms with van der Waals surface area (Å²) in [6.07, 6.45) is 3.57. The first kappa shape index (κ1) is 15.8. The summed E-state index contributed by atoms with van der Waals surface area (Å²) in [4.78, 5) is -0.801. The highest BCUT2D eigenvalue weighted by Crippen LogP contribution is 2.36. The van der Waals surface area contributed by atoms with Crippen molar-refractivity contribution in [2.24, 2.45) is 0 Å². The van der Waals surface area contributed by atoms with Gasteiger partial charge in [0.15, 0.2) is 5.82 Å². The standard InChI is InChI=1S/C13H13F3N4O2S/c14-13(15,16)23(21,22)11-4-2-1-3-10(11)17-7-12-19-18-8-20(12)9-5-6-9/h1-4,8-9,17H,5-7H2. The van der Waals surface area contributed by atoms with E-state index in [4.69, 9.17) is 0 Å². The fourth-order valence-electron chi connectivity index (χ4n) is 2.20. The summed E-state index contributed by atoms with van der Waals surface area (Å²) < 4.78 is 63.3. The molecule has 0 radical (unpaired) electrons. The van der Waals surface area contributed by atoms with Crippen LogP contribution in [0.15, 0.2) is 35.5 Å². The molecule has 3 rings (SSSR count). The minimum atomic E-state index is -5.42. The molecule has 1 N–H and O–H groups in total. The first-order valence-electron chi connectivity index (χ1n) is 6.83. The Morgan fingerprint density at radius 2 is 1.96 bits per heavy atom. The fourth-order valence-corrected chi connectivity index (χ4v) is 3.13. The summed E-state index contributed by atoms with van der Waals surface area (Å²) in [5.74, 6) is 0.548. The summed E-state index contributed by atoms with van der Waals surface area (Å²) in [5.41, 5.74) is -5.46. The van der Waals surface area contributed by atoms with E-state index in [2.05, 4.69) is 15.5 Å². The third-order valence-corrected chi connectivity index (χ3v) is 5.05. The molecular weight excluding hydrogens is 333 g/mol. The van der Waals surface area contributed by atoms with Gasteiger partial charge in [0.05, 0.1) is 17.1 Å². The van der Waals surface area contributed by atoms with Crippen LogP contribution < -0.4 is 5.32 Å². The number of anilines is 1. The normalized spacial score (nSPS) is 15.6. The maximum absolute atomic E-state index is 12.7. The number of para-hydroxylation sites is 1. The van der Waals surface area contributed by atoms with Crippen LogP contribution in [0, 0.1) is 0 Å². The van der Waals surface area contributed by atoms with Crippen LogP contribution in [-0.2, 0) is 16.4 Å². The molecule has 1 aromatic carbocycles. The number of hydrogen-bond acceptors (Lipinski definition) is 5. The van der Waals surface area contributed by atoms with E-state index < -0.39 is 20.2 Å². The number of rotatable bonds is 5. The Morgan fingerprint density at radius 1 is 1.26 bits per heavy atom. The van der Waals surface area contributed by atoms with Crippen LogP contribution >= 0.6 is 0 Å². The van der Waals surface area contributed by atoms with E-state index in [0.717, 1.165) is 18.9 Å². The Hall–Kier alpha value is -2.10. The molecule has 1 aromatic heterocycles. The lowest BCUT2D eigenvalue weighted by Gasteiger charge is -2.14. The van der Waals surface area contributed by atoms with E-state index in [9.17, 15) is 21.6 Å². The molecule has 0 unspecified atom stereocenters. The molecule has 1 heterocycles. The zero-order valence-electron chi connectivity index (χ0n) is 11.8. The van der Waals surface area contributed by atoms with Gasteiger partial charge in [-0.1, -0.05) is 12.1 Å². The van der Waals surface area contributed by atoms with Crippen molar-refractivity contribution in [1.82, 2.24) is 14.8 Å². The van der Waals surface area contributed by atoms with Gasteiger partial charge in [-0.2, -0.15) is 13.2 Å². The minimum Gasteiger partial charge on any atom is -0.377 e. The van der Waals surface area contributed by atoms with Crippen molar-refractivity contribution in [3.05, 3.63) is 36.4 Å². The van der Waals surface area contributed by atoms with Crippen molar-refractivity contribution in [2.45, 2.75) is 35.8 Å². The quantitative estimate of drug-likeness (QED) is 0.900. The fraction of sp³-hybridized carbons (Fsp3) is 0.385. The maximum Gasteiger partial charge on any atom is 0.501 e. The second kappa shape index (κ2) is 5.52. The van der Waals surface area contributed by atoms with Gasteiger partial charge in [0.1, 0.15) is 6.33 Å². The van der Waals surface area contributed by atoms with Crippen molar-refractivity contribution >= 4 is 15.5 Å². The lowest BCUT2D eigenvalue weighted by molar-refractivity contribution is -0.0435. The molecule has 1 aliphatic carbocycles. The second-order valence-corrected chi connectivity index (χ2v) is 7.09. The lowest BCUT2D eigenvalue weighted by Crippen LogP contribution is -2.24. The molecule has 0 bridgehead atoms. The molecule has 0 amide bonds. The molecule has 6 nitrogen and oxygen atoms in total. The van der Waals surface area contributed by atoms with E-state index >= 15 is 0 Å². The number of halogens is 3. The highest BCUT2D eigenvalue weighted by Gasteiger charge is 2.47. The molecule has 0 atom stereocenters. The number of nitrogens with zero attached hydrogens (tertiary/aromatic N) is 3. The summed E-state index contributed by atoms with van der Waals surface area (Å²) in [7, 11) is -5.42. The van der Waals surface area contributed by atoms with E-state index in [0.29, 0.717) is 11.9 Å². The van der Waals surface area contributed by atoms with Gasteiger partial charge in [0.25, 0.3) is 9.84 Å². The molecule has 2 aromatic rings. The highest BCUT2D eigenvalue weighted by molar-refractivity contribution is 7.92. The SMILES string of the molecule is O=S(=O)(c1ccccc1NCc1nncn1C1CC1)C(F)(F)F. The maximum atomic E-state index is 12.7. The lowest BCUT2D eigenvalue weighted by atomic mass is 10.3. The van der Waals surface area contributed by atoms with Crippen LogP contribution in [-0.4, -0.2) is 28.7 Å². The average Bonchev–Trinajstić information content (AvgIpc) is 3.23. The van der Waals surface area contributed by atoms with E-state index in [-0.39, 0.29) is 12.2 Å². The van der Waals surface area contributed by atoms with Gasteiger partial charge in [-0.15, -0.1) is 10.2 Å². The van der Waals surface area contributed by atoms with Crippen molar-refractivity contribution in [3.8, 4) is 0 Å². The zero-order valence-corrected chi connectivity index (χ0v) is 12.6. The second-order valence-electron chi connectivity index (χ2n) is 5.18. The molecule has 1 aliphatic rings. The Morgan fingerprint density at radius 3 is 2.61 bits per heavy atom. The number of alkyl halides is 3. The highest BCUT2D eigenvalue weighted by atomic mass is 32.2. The van der Waals surface area contributed by atoms with E-state index in [1.807, 2.05) is 4.57 Å². The predicted octanol–water partition coefficient (Wildman–Crippen LogP) is 2.52. The summed E-state index contributed by atoms with van der Waals surface area (Å²) in [5, 5.41) is 10.4. The van der Waals surface area contributed by atoms with Crippen molar-refractivity contribution < 1.29 is 21.6 Å². The Kier molecular flexibility index (Phi) is 3.78. The Labute approximate surface area is 130 Å². The van der Waals surface area contributed by atoms with Crippen LogP contribution in [0.25, 0.3) is 0 Å². The Balaban J connectivity index is 1.85. The first-order chi connectivity index (χ1) is 10.8. The van der Waals surface area contributed by atoms with Gasteiger partial charge < -0.3 is 9.88 Å². The summed E-state index contributed by atoms with van der Waals surface area (Å²) in [6, 6.07) is 5.24. The molecule has 0 aliphatic heterocycles. The third kappa shape index (κ3) is 3.03. The smallest absolute Gasteiger partial charge is 0.377 e. The third-order valence-electron chi connectivity index (χ3n) is 3.51. The number of benzene rings is 1. The molecule has 0 spiro atoms. The summed E-state index contributed by atoms with van der Waals surface area (Å²) in [6.45, 7) is 0.0842. The number of hydrogen-bond donors (Lipinski definition) is 1. The Bertz CT molecular complexity index is 813. The van der Waals surface area contributed by atoms with Gasteiger partial charge in [-0.05, 0) is 25.0 Å². The zero-order chi connectivity index (χ0) is 16.7. The van der Waals surface area contributed by atoms with Crippen LogP contribution in [0.5, 0.6) is 0 Å². The van der Waals surface area contributed by atoms with Gasteiger partial charge in [0.2, 0.25) is 0 Å². The van der Waals surface area contributed by atoms with Crippen molar-refractivity contribution in [1.29, 1.82) is 0 Å². The van der Waals surface area contributed by atoms with Gasteiger partial charge in [-0.3, -0.25) is 0 Å². The van der Waals surface area contributed by atoms with Crippen molar-refractivity contribution in [3.63, 3.8) is 0 Å². The van der Waals surface area contributed by atoms with Gasteiger partial charge >= 0.3 is 5.51 Å². The van der Waals surface area contributed by atoms with Crippen LogP contribution in [0.3, 0.4) is 0 Å². The average molecular weight is 346 g/mol. The largest absolute Gasteiger partial charge is 0.501 e. The summed E-state index contributed by atoms with van der Waals surface area (Å²) >= 11 is 0. The molecule has 1 fully saturated rings. The van der Waals surface area contributed by atoms with Crippen molar-refractivity contribution in [2.75, 3.05) is 5.32 Å². The van der Waals surface area contributed by atoms with E-state index in [1.165, 1.54) is 18.2 Å². The number of nitrogens with one attached hydrogen (secondary N) is 1. The minimum absolute atomic E-state index is 0.0842. The number of aromatic nitrogens is 3. The molecule has 1 saturated carbocycles. The van der Waals surface area contributed by atoms with Crippen LogP contribution in [0.1, 0.15) is 24.7 Å². The first-order valence-corrected chi connectivity index (χ1v) is 8.31. The van der Waals surface area contributed by atoms with E-state index in [1.54, 1.807) is 6.33 Å². The molecular formula is C13H13F3N4O2S. The molecule has 124 valence electrons.